The van der Waals surface area contributed by atoms with Crippen LogP contribution in [-0.4, -0.2) is 10.2 Å². The Morgan fingerprint density at radius 2 is 1.91 bits per heavy atom. The first-order valence-electron chi connectivity index (χ1n) is 6.69. The Morgan fingerprint density at radius 1 is 1.14 bits per heavy atom. The highest BCUT2D eigenvalue weighted by atomic mass is 32.1. The maximum absolute atomic E-state index is 13.6. The highest BCUT2D eigenvalue weighted by molar-refractivity contribution is 7.80. The molecule has 3 N–H and O–H groups in total. The average Bonchev–Trinajstić information content (AvgIpc) is 2.49. The summed E-state index contributed by atoms with van der Waals surface area (Å²) in [4.78, 5) is 0. The molecule has 0 unspecified atom stereocenters. The second-order valence-corrected chi connectivity index (χ2v) is 5.28. The number of aliphatic hydroxyl groups is 1. The SMILES string of the molecule is Cc1ccc(F)c(NC(=S)NCc2ccc(CO)c(F)c2)c1. The molecule has 22 heavy (non-hydrogen) atoms. The average molecular weight is 322 g/mol. The van der Waals surface area contributed by atoms with E-state index < -0.39 is 11.6 Å². The number of rotatable bonds is 4. The minimum absolute atomic E-state index is 0.242. The van der Waals surface area contributed by atoms with Gasteiger partial charge in [0, 0.05) is 12.1 Å². The molecule has 0 bridgehead atoms. The van der Waals surface area contributed by atoms with Crippen molar-refractivity contribution in [3.8, 4) is 0 Å². The van der Waals surface area contributed by atoms with E-state index in [9.17, 15) is 8.78 Å². The van der Waals surface area contributed by atoms with Crippen molar-refractivity contribution in [3.05, 3.63) is 64.7 Å². The van der Waals surface area contributed by atoms with Gasteiger partial charge in [-0.3, -0.25) is 0 Å². The quantitative estimate of drug-likeness (QED) is 0.756. The smallest absolute Gasteiger partial charge is 0.171 e. The Kier molecular flexibility index (Phi) is 5.41. The molecule has 0 aliphatic carbocycles. The number of benzene rings is 2. The van der Waals surface area contributed by atoms with E-state index >= 15 is 0 Å². The third-order valence-electron chi connectivity index (χ3n) is 3.11. The van der Waals surface area contributed by atoms with Crippen LogP contribution in [0.2, 0.25) is 0 Å². The normalized spacial score (nSPS) is 10.4. The summed E-state index contributed by atoms with van der Waals surface area (Å²) in [7, 11) is 0. The standard InChI is InChI=1S/C16H16F2N2OS/c1-10-2-5-13(17)15(6-10)20-16(22)19-8-11-3-4-12(9-21)14(18)7-11/h2-7,21H,8-9H2,1H3,(H2,19,20,22). The molecule has 0 spiro atoms. The maximum atomic E-state index is 13.6. The number of halogens is 2. The predicted octanol–water partition coefficient (Wildman–Crippen LogP) is 3.25. The zero-order valence-corrected chi connectivity index (χ0v) is 12.8. The summed E-state index contributed by atoms with van der Waals surface area (Å²) in [5.41, 5.74) is 2.11. The molecule has 2 aromatic carbocycles. The summed E-state index contributed by atoms with van der Waals surface area (Å²) in [6.45, 7) is 1.81. The third-order valence-corrected chi connectivity index (χ3v) is 3.36. The lowest BCUT2D eigenvalue weighted by atomic mass is 10.1. The maximum Gasteiger partial charge on any atom is 0.171 e. The number of nitrogens with one attached hydrogen (secondary N) is 2. The molecule has 0 aliphatic heterocycles. The molecule has 0 atom stereocenters. The molecule has 0 amide bonds. The number of aliphatic hydroxyl groups excluding tert-OH is 1. The lowest BCUT2D eigenvalue weighted by molar-refractivity contribution is 0.275. The molecule has 2 rings (SSSR count). The lowest BCUT2D eigenvalue weighted by Gasteiger charge is -2.12. The van der Waals surface area contributed by atoms with Gasteiger partial charge in [-0.1, -0.05) is 18.2 Å². The second-order valence-electron chi connectivity index (χ2n) is 4.87. The molecule has 2 aromatic rings. The Hall–Kier alpha value is -2.05. The van der Waals surface area contributed by atoms with Crippen LogP contribution in [0.25, 0.3) is 0 Å². The molecule has 0 heterocycles. The van der Waals surface area contributed by atoms with Crippen molar-refractivity contribution in [2.75, 3.05) is 5.32 Å². The first kappa shape index (κ1) is 16.3. The van der Waals surface area contributed by atoms with Crippen LogP contribution >= 0.6 is 12.2 Å². The van der Waals surface area contributed by atoms with Crippen LogP contribution in [0.15, 0.2) is 36.4 Å². The van der Waals surface area contributed by atoms with Gasteiger partial charge in [-0.15, -0.1) is 0 Å². The van der Waals surface area contributed by atoms with Crippen molar-refractivity contribution in [2.24, 2.45) is 0 Å². The van der Waals surface area contributed by atoms with E-state index in [2.05, 4.69) is 10.6 Å². The van der Waals surface area contributed by atoms with Crippen LogP contribution in [0.5, 0.6) is 0 Å². The molecule has 6 heteroatoms. The van der Waals surface area contributed by atoms with E-state index in [0.29, 0.717) is 17.8 Å². The van der Waals surface area contributed by atoms with E-state index in [4.69, 9.17) is 17.3 Å². The highest BCUT2D eigenvalue weighted by Crippen LogP contribution is 2.15. The predicted molar refractivity (Wildman–Crippen MR) is 86.5 cm³/mol. The number of hydrogen-bond acceptors (Lipinski definition) is 2. The first-order chi connectivity index (χ1) is 10.5. The van der Waals surface area contributed by atoms with Gasteiger partial charge in [0.2, 0.25) is 0 Å². The number of anilines is 1. The summed E-state index contributed by atoms with van der Waals surface area (Å²) >= 11 is 5.10. The summed E-state index contributed by atoms with van der Waals surface area (Å²) < 4.78 is 27.1. The fraction of sp³-hybridized carbons (Fsp3) is 0.188. The molecule has 0 saturated carbocycles. The summed E-state index contributed by atoms with van der Waals surface area (Å²) in [5, 5.41) is 14.8. The van der Waals surface area contributed by atoms with E-state index in [0.717, 1.165) is 5.56 Å². The number of aryl methyl sites for hydroxylation is 1. The van der Waals surface area contributed by atoms with Gasteiger partial charge in [-0.25, -0.2) is 8.78 Å². The van der Waals surface area contributed by atoms with Gasteiger partial charge in [-0.2, -0.15) is 0 Å². The van der Waals surface area contributed by atoms with Gasteiger partial charge < -0.3 is 15.7 Å². The summed E-state index contributed by atoms with van der Waals surface area (Å²) in [5.74, 6) is -0.863. The molecule has 0 aromatic heterocycles. The van der Waals surface area contributed by atoms with Crippen molar-refractivity contribution in [2.45, 2.75) is 20.1 Å². The van der Waals surface area contributed by atoms with Crippen molar-refractivity contribution in [3.63, 3.8) is 0 Å². The third kappa shape index (κ3) is 4.22. The van der Waals surface area contributed by atoms with E-state index in [1.54, 1.807) is 18.2 Å². The molecule has 0 aliphatic rings. The Morgan fingerprint density at radius 3 is 2.59 bits per heavy atom. The van der Waals surface area contributed by atoms with Gasteiger partial charge in [0.15, 0.2) is 5.11 Å². The largest absolute Gasteiger partial charge is 0.392 e. The Balaban J connectivity index is 1.95. The minimum atomic E-state index is -0.467. The zero-order valence-electron chi connectivity index (χ0n) is 12.0. The van der Waals surface area contributed by atoms with Crippen molar-refractivity contribution < 1.29 is 13.9 Å². The molecule has 3 nitrogen and oxygen atoms in total. The van der Waals surface area contributed by atoms with Gasteiger partial charge in [0.05, 0.1) is 12.3 Å². The van der Waals surface area contributed by atoms with Crippen molar-refractivity contribution in [1.82, 2.24) is 5.32 Å². The van der Waals surface area contributed by atoms with Gasteiger partial charge >= 0.3 is 0 Å². The van der Waals surface area contributed by atoms with Crippen LogP contribution in [0.1, 0.15) is 16.7 Å². The molecular formula is C16H16F2N2OS. The van der Waals surface area contributed by atoms with Gasteiger partial charge in [0.1, 0.15) is 11.6 Å². The number of thiocarbonyl (C=S) groups is 1. The van der Waals surface area contributed by atoms with Crippen LogP contribution in [0.3, 0.4) is 0 Å². The fourth-order valence-corrected chi connectivity index (χ4v) is 2.09. The monoisotopic (exact) mass is 322 g/mol. The Bertz CT molecular complexity index is 692. The first-order valence-corrected chi connectivity index (χ1v) is 7.09. The minimum Gasteiger partial charge on any atom is -0.392 e. The van der Waals surface area contributed by atoms with E-state index in [1.165, 1.54) is 18.2 Å². The van der Waals surface area contributed by atoms with Crippen LogP contribution < -0.4 is 10.6 Å². The summed E-state index contributed by atoms with van der Waals surface area (Å²) in [6, 6.07) is 9.22. The molecule has 0 fully saturated rings. The second kappa shape index (κ2) is 7.29. The van der Waals surface area contributed by atoms with Crippen molar-refractivity contribution in [1.29, 1.82) is 0 Å². The van der Waals surface area contributed by atoms with E-state index in [-0.39, 0.29) is 17.3 Å². The van der Waals surface area contributed by atoms with Gasteiger partial charge in [-0.05, 0) is 48.5 Å². The molecule has 0 saturated heterocycles. The topological polar surface area (TPSA) is 44.3 Å². The van der Waals surface area contributed by atoms with Crippen LogP contribution in [0.4, 0.5) is 14.5 Å². The van der Waals surface area contributed by atoms with Gasteiger partial charge in [0.25, 0.3) is 0 Å². The highest BCUT2D eigenvalue weighted by Gasteiger charge is 2.06. The summed E-state index contributed by atoms with van der Waals surface area (Å²) in [6.07, 6.45) is 0. The molecular weight excluding hydrogens is 306 g/mol. The Labute approximate surface area is 133 Å². The molecule has 116 valence electrons. The van der Waals surface area contributed by atoms with Crippen LogP contribution in [0, 0.1) is 18.6 Å². The fourth-order valence-electron chi connectivity index (χ4n) is 1.91. The molecule has 0 radical (unpaired) electrons. The zero-order chi connectivity index (χ0) is 16.1. The number of hydrogen-bond donors (Lipinski definition) is 3. The van der Waals surface area contributed by atoms with Crippen molar-refractivity contribution >= 4 is 23.0 Å². The lowest BCUT2D eigenvalue weighted by Crippen LogP contribution is -2.28. The van der Waals surface area contributed by atoms with E-state index in [1.807, 2.05) is 6.92 Å². The van der Waals surface area contributed by atoms with Crippen LogP contribution in [-0.2, 0) is 13.2 Å².